The first kappa shape index (κ1) is 16.5. The van der Waals surface area contributed by atoms with Crippen LogP contribution in [-0.2, 0) is 6.18 Å². The Labute approximate surface area is 134 Å². The van der Waals surface area contributed by atoms with Crippen LogP contribution in [0.4, 0.5) is 28.9 Å². The molecule has 22 heavy (non-hydrogen) atoms. The molecule has 0 aliphatic rings. The van der Waals surface area contributed by atoms with Crippen LogP contribution in [0.5, 0.6) is 0 Å². The molecule has 0 spiro atoms. The number of anilines is 2. The van der Waals surface area contributed by atoms with Crippen LogP contribution in [-0.4, -0.2) is 5.11 Å². The topological polar surface area (TPSA) is 24.1 Å². The highest BCUT2D eigenvalue weighted by molar-refractivity contribution is 7.80. The van der Waals surface area contributed by atoms with Crippen molar-refractivity contribution in [1.29, 1.82) is 0 Å². The predicted molar refractivity (Wildman–Crippen MR) is 82.7 cm³/mol. The molecule has 0 aliphatic carbocycles. The van der Waals surface area contributed by atoms with E-state index in [1.54, 1.807) is 0 Å². The van der Waals surface area contributed by atoms with Crippen molar-refractivity contribution in [2.45, 2.75) is 6.18 Å². The maximum Gasteiger partial charge on any atom is 0.416 e. The lowest BCUT2D eigenvalue weighted by molar-refractivity contribution is -0.137. The zero-order chi connectivity index (χ0) is 16.3. The molecule has 0 radical (unpaired) electrons. The predicted octanol–water partition coefficient (Wildman–Crippen LogP) is 5.31. The average Bonchev–Trinajstić information content (AvgIpc) is 2.42. The second kappa shape index (κ2) is 6.50. The van der Waals surface area contributed by atoms with E-state index in [4.69, 9.17) is 23.8 Å². The van der Waals surface area contributed by atoms with Crippen molar-refractivity contribution in [3.8, 4) is 0 Å². The summed E-state index contributed by atoms with van der Waals surface area (Å²) in [6, 6.07) is 8.21. The summed E-state index contributed by atoms with van der Waals surface area (Å²) in [5.41, 5.74) is -0.331. The van der Waals surface area contributed by atoms with Crippen molar-refractivity contribution in [3.05, 3.63) is 58.9 Å². The van der Waals surface area contributed by atoms with Gasteiger partial charge in [-0.25, -0.2) is 4.39 Å². The van der Waals surface area contributed by atoms with Crippen LogP contribution in [0.15, 0.2) is 42.5 Å². The third kappa shape index (κ3) is 4.32. The van der Waals surface area contributed by atoms with Gasteiger partial charge in [-0.2, -0.15) is 13.2 Å². The molecule has 2 aromatic rings. The summed E-state index contributed by atoms with van der Waals surface area (Å²) in [7, 11) is 0. The molecule has 0 saturated heterocycles. The van der Waals surface area contributed by atoms with E-state index in [2.05, 4.69) is 10.6 Å². The van der Waals surface area contributed by atoms with Crippen molar-refractivity contribution in [3.63, 3.8) is 0 Å². The van der Waals surface area contributed by atoms with Gasteiger partial charge >= 0.3 is 6.18 Å². The van der Waals surface area contributed by atoms with Crippen molar-refractivity contribution >= 4 is 40.3 Å². The van der Waals surface area contributed by atoms with Crippen molar-refractivity contribution in [2.24, 2.45) is 0 Å². The first-order chi connectivity index (χ1) is 10.3. The number of alkyl halides is 3. The van der Waals surface area contributed by atoms with Gasteiger partial charge in [0.15, 0.2) is 5.11 Å². The van der Waals surface area contributed by atoms with Gasteiger partial charge in [0.05, 0.1) is 16.3 Å². The van der Waals surface area contributed by atoms with Gasteiger partial charge in [-0.3, -0.25) is 0 Å². The molecule has 2 rings (SSSR count). The fraction of sp³-hybridized carbons (Fsp3) is 0.0714. The van der Waals surface area contributed by atoms with Crippen LogP contribution in [0.25, 0.3) is 0 Å². The molecule has 0 amide bonds. The number of nitrogens with one attached hydrogen (secondary N) is 2. The Bertz CT molecular complexity index is 686. The quantitative estimate of drug-likeness (QED) is 0.568. The highest BCUT2D eigenvalue weighted by Crippen LogP contribution is 2.33. The van der Waals surface area contributed by atoms with E-state index < -0.39 is 17.6 Å². The molecule has 0 heterocycles. The van der Waals surface area contributed by atoms with E-state index in [0.29, 0.717) is 5.69 Å². The highest BCUT2D eigenvalue weighted by Gasteiger charge is 2.31. The Morgan fingerprint density at radius 3 is 2.23 bits per heavy atom. The first-order valence-electron chi connectivity index (χ1n) is 5.96. The molecular formula is C14H9ClF4N2S. The zero-order valence-electron chi connectivity index (χ0n) is 10.8. The number of rotatable bonds is 2. The second-order valence-electron chi connectivity index (χ2n) is 4.28. The summed E-state index contributed by atoms with van der Waals surface area (Å²) in [4.78, 5) is 0. The smallest absolute Gasteiger partial charge is 0.332 e. The van der Waals surface area contributed by atoms with E-state index in [-0.39, 0.29) is 15.8 Å². The van der Waals surface area contributed by atoms with Crippen molar-refractivity contribution in [1.82, 2.24) is 0 Å². The van der Waals surface area contributed by atoms with Crippen LogP contribution in [0, 0.1) is 5.82 Å². The molecule has 0 bridgehead atoms. The van der Waals surface area contributed by atoms with Crippen LogP contribution in [0.3, 0.4) is 0 Å². The molecule has 2 N–H and O–H groups in total. The monoisotopic (exact) mass is 348 g/mol. The van der Waals surface area contributed by atoms with Gasteiger partial charge in [0.2, 0.25) is 0 Å². The second-order valence-corrected chi connectivity index (χ2v) is 5.09. The number of benzene rings is 2. The summed E-state index contributed by atoms with van der Waals surface area (Å²) in [5.74, 6) is -0.412. The largest absolute Gasteiger partial charge is 0.416 e. The van der Waals surface area contributed by atoms with E-state index in [0.717, 1.165) is 18.2 Å². The number of thiocarbonyl (C=S) groups is 1. The Morgan fingerprint density at radius 2 is 1.64 bits per heavy atom. The summed E-state index contributed by atoms with van der Waals surface area (Å²) >= 11 is 10.8. The van der Waals surface area contributed by atoms with Crippen LogP contribution in [0.1, 0.15) is 5.56 Å². The van der Waals surface area contributed by atoms with Gasteiger partial charge in [-0.15, -0.1) is 0 Å². The van der Waals surface area contributed by atoms with Gasteiger partial charge in [0.25, 0.3) is 0 Å². The standard InChI is InChI=1S/C14H9ClF4N2S/c15-11-6-1-8(14(17,18)19)7-12(11)21-13(22)20-10-4-2-9(16)3-5-10/h1-7H,(H2,20,21,22). The molecule has 0 fully saturated rings. The van der Waals surface area contributed by atoms with E-state index >= 15 is 0 Å². The van der Waals surface area contributed by atoms with Crippen molar-refractivity contribution < 1.29 is 17.6 Å². The molecule has 0 atom stereocenters. The normalized spacial score (nSPS) is 11.1. The number of halogens is 5. The molecule has 0 saturated carbocycles. The molecule has 0 aromatic heterocycles. The Balaban J connectivity index is 2.12. The molecule has 8 heteroatoms. The number of hydrogen-bond donors (Lipinski definition) is 2. The maximum absolute atomic E-state index is 12.8. The SMILES string of the molecule is Fc1ccc(NC(=S)Nc2cc(C(F)(F)F)ccc2Cl)cc1. The average molecular weight is 349 g/mol. The summed E-state index contributed by atoms with van der Waals surface area (Å²) in [6.07, 6.45) is -4.48. The van der Waals surface area contributed by atoms with Crippen molar-refractivity contribution in [2.75, 3.05) is 10.6 Å². The highest BCUT2D eigenvalue weighted by atomic mass is 35.5. The lowest BCUT2D eigenvalue weighted by Gasteiger charge is -2.14. The van der Waals surface area contributed by atoms with Gasteiger partial charge in [0.1, 0.15) is 5.82 Å². The minimum absolute atomic E-state index is 0.0242. The Morgan fingerprint density at radius 1 is 1.00 bits per heavy atom. The lowest BCUT2D eigenvalue weighted by atomic mass is 10.2. The first-order valence-corrected chi connectivity index (χ1v) is 6.74. The van der Waals surface area contributed by atoms with Gasteiger partial charge in [-0.05, 0) is 54.7 Å². The number of hydrogen-bond acceptors (Lipinski definition) is 1. The molecule has 116 valence electrons. The fourth-order valence-electron chi connectivity index (χ4n) is 1.62. The van der Waals surface area contributed by atoms with Gasteiger partial charge < -0.3 is 10.6 Å². The van der Waals surface area contributed by atoms with Crippen LogP contribution >= 0.6 is 23.8 Å². The summed E-state index contributed by atoms with van der Waals surface area (Å²) in [5, 5.41) is 5.43. The Kier molecular flexibility index (Phi) is 4.87. The van der Waals surface area contributed by atoms with Gasteiger partial charge in [-0.1, -0.05) is 11.6 Å². The third-order valence-corrected chi connectivity index (χ3v) is 3.18. The zero-order valence-corrected chi connectivity index (χ0v) is 12.4. The van der Waals surface area contributed by atoms with E-state index in [1.165, 1.54) is 24.3 Å². The lowest BCUT2D eigenvalue weighted by Crippen LogP contribution is -2.19. The molecule has 2 nitrogen and oxygen atoms in total. The van der Waals surface area contributed by atoms with E-state index in [9.17, 15) is 17.6 Å². The molecule has 0 unspecified atom stereocenters. The minimum atomic E-state index is -4.48. The van der Waals surface area contributed by atoms with E-state index in [1.807, 2.05) is 0 Å². The van der Waals surface area contributed by atoms with Gasteiger partial charge in [0, 0.05) is 5.69 Å². The fourth-order valence-corrected chi connectivity index (χ4v) is 2.01. The third-order valence-electron chi connectivity index (χ3n) is 2.64. The summed E-state index contributed by atoms with van der Waals surface area (Å²) in [6.45, 7) is 0. The molecule has 0 aliphatic heterocycles. The Hall–Kier alpha value is -1.86. The van der Waals surface area contributed by atoms with Crippen LogP contribution in [0.2, 0.25) is 5.02 Å². The molecular weight excluding hydrogens is 340 g/mol. The summed E-state index contributed by atoms with van der Waals surface area (Å²) < 4.78 is 50.8. The minimum Gasteiger partial charge on any atom is -0.332 e. The maximum atomic E-state index is 12.8. The molecule has 2 aromatic carbocycles. The van der Waals surface area contributed by atoms with Crippen LogP contribution < -0.4 is 10.6 Å².